The van der Waals surface area contributed by atoms with E-state index < -0.39 is 23.3 Å². The fourth-order valence-corrected chi connectivity index (χ4v) is 3.67. The molecule has 208 valence electrons. The molecule has 0 aromatic heterocycles. The summed E-state index contributed by atoms with van der Waals surface area (Å²) in [7, 11) is 0. The third-order valence-electron chi connectivity index (χ3n) is 5.51. The smallest absolute Gasteiger partial charge is 0.410 e. The van der Waals surface area contributed by atoms with Gasteiger partial charge in [-0.3, -0.25) is 9.69 Å². The molecule has 0 heterocycles. The van der Waals surface area contributed by atoms with Crippen molar-refractivity contribution in [3.63, 3.8) is 0 Å². The largest absolute Gasteiger partial charge is 0.476 e. The monoisotopic (exact) mass is 527 g/mol. The number of amides is 1. The molecule has 0 N–H and O–H groups in total. The maximum absolute atomic E-state index is 13.1. The molecule has 0 aliphatic heterocycles. The molecule has 2 rings (SSSR count). The van der Waals surface area contributed by atoms with E-state index in [1.54, 1.807) is 20.8 Å². The standard InChI is InChI=1S/C30H41NO7/c1-9-35-27(33)30(7,8)38-26-21(2)15-24(16-22(26)3)17-31(18-25(32)20-37-29(4,5)6)28(34)36-19-23-13-11-10-12-14-23/h10-16H,9,17-20H2,1-8H3. The Hall–Kier alpha value is -3.39. The number of hydrogen-bond acceptors (Lipinski definition) is 7. The van der Waals surface area contributed by atoms with Crippen molar-refractivity contribution in [1.29, 1.82) is 0 Å². The highest BCUT2D eigenvalue weighted by molar-refractivity contribution is 5.85. The van der Waals surface area contributed by atoms with Gasteiger partial charge in [-0.15, -0.1) is 0 Å². The van der Waals surface area contributed by atoms with Gasteiger partial charge in [-0.25, -0.2) is 9.59 Å². The van der Waals surface area contributed by atoms with E-state index in [0.717, 1.165) is 22.3 Å². The van der Waals surface area contributed by atoms with Gasteiger partial charge in [0.25, 0.3) is 0 Å². The van der Waals surface area contributed by atoms with Crippen LogP contribution in [0.5, 0.6) is 5.75 Å². The number of Topliss-reactive ketones (excluding diaryl/α,β-unsaturated/α-hetero) is 1. The van der Waals surface area contributed by atoms with Gasteiger partial charge in [-0.2, -0.15) is 0 Å². The summed E-state index contributed by atoms with van der Waals surface area (Å²) >= 11 is 0. The molecule has 8 heteroatoms. The Morgan fingerprint density at radius 1 is 0.868 bits per heavy atom. The van der Waals surface area contributed by atoms with Crippen molar-refractivity contribution >= 4 is 17.8 Å². The van der Waals surface area contributed by atoms with Gasteiger partial charge in [-0.05, 0) is 77.6 Å². The Balaban J connectivity index is 2.22. The second kappa shape index (κ2) is 13.4. The molecular weight excluding hydrogens is 486 g/mol. The van der Waals surface area contributed by atoms with Gasteiger partial charge in [0.05, 0.1) is 18.8 Å². The zero-order valence-corrected chi connectivity index (χ0v) is 23.9. The van der Waals surface area contributed by atoms with E-state index >= 15 is 0 Å². The fraction of sp³-hybridized carbons (Fsp3) is 0.500. The first-order valence-electron chi connectivity index (χ1n) is 12.8. The summed E-state index contributed by atoms with van der Waals surface area (Å²) < 4.78 is 22.3. The van der Waals surface area contributed by atoms with Crippen LogP contribution in [0.2, 0.25) is 0 Å². The number of nitrogens with zero attached hydrogens (tertiary/aromatic N) is 1. The van der Waals surface area contributed by atoms with Gasteiger partial charge in [0.1, 0.15) is 19.0 Å². The lowest BCUT2D eigenvalue weighted by molar-refractivity contribution is -0.158. The first-order chi connectivity index (χ1) is 17.7. The van der Waals surface area contributed by atoms with Gasteiger partial charge >= 0.3 is 12.1 Å². The van der Waals surface area contributed by atoms with E-state index in [9.17, 15) is 14.4 Å². The zero-order chi connectivity index (χ0) is 28.5. The minimum Gasteiger partial charge on any atom is -0.476 e. The number of carbonyl (C=O) groups excluding carboxylic acids is 3. The van der Waals surface area contributed by atoms with E-state index in [-0.39, 0.29) is 38.7 Å². The molecule has 0 unspecified atom stereocenters. The first kappa shape index (κ1) is 30.8. The Morgan fingerprint density at radius 3 is 2.03 bits per heavy atom. The molecule has 2 aromatic rings. The second-order valence-electron chi connectivity index (χ2n) is 10.7. The van der Waals surface area contributed by atoms with Crippen molar-refractivity contribution in [1.82, 2.24) is 4.90 Å². The van der Waals surface area contributed by atoms with E-state index in [0.29, 0.717) is 5.75 Å². The van der Waals surface area contributed by atoms with E-state index in [4.69, 9.17) is 18.9 Å². The molecule has 0 aliphatic carbocycles. The molecular formula is C30H41NO7. The molecule has 1 amide bonds. The second-order valence-corrected chi connectivity index (χ2v) is 10.7. The highest BCUT2D eigenvalue weighted by Crippen LogP contribution is 2.29. The van der Waals surface area contributed by atoms with Crippen LogP contribution in [0.3, 0.4) is 0 Å². The van der Waals surface area contributed by atoms with Crippen molar-refractivity contribution in [3.8, 4) is 5.75 Å². The van der Waals surface area contributed by atoms with Crippen molar-refractivity contribution in [2.75, 3.05) is 19.8 Å². The summed E-state index contributed by atoms with van der Waals surface area (Å²) in [6, 6.07) is 13.1. The van der Waals surface area contributed by atoms with Crippen LogP contribution in [-0.2, 0) is 37.0 Å². The van der Waals surface area contributed by atoms with Gasteiger partial charge in [-0.1, -0.05) is 42.5 Å². The summed E-state index contributed by atoms with van der Waals surface area (Å²) in [6.07, 6.45) is -0.600. The summed E-state index contributed by atoms with van der Waals surface area (Å²) in [5.74, 6) is -0.118. The molecule has 38 heavy (non-hydrogen) atoms. The molecule has 0 radical (unpaired) electrons. The third-order valence-corrected chi connectivity index (χ3v) is 5.51. The van der Waals surface area contributed by atoms with Crippen LogP contribution in [0.4, 0.5) is 4.79 Å². The van der Waals surface area contributed by atoms with Crippen molar-refractivity contribution < 1.29 is 33.3 Å². The molecule has 0 atom stereocenters. The van der Waals surface area contributed by atoms with Crippen LogP contribution in [0.1, 0.15) is 63.8 Å². The predicted octanol–water partition coefficient (Wildman–Crippen LogP) is 5.55. The average Bonchev–Trinajstić information content (AvgIpc) is 2.83. The van der Waals surface area contributed by atoms with Crippen molar-refractivity contribution in [2.24, 2.45) is 0 Å². The highest BCUT2D eigenvalue weighted by Gasteiger charge is 2.33. The van der Waals surface area contributed by atoms with Gasteiger partial charge in [0, 0.05) is 6.54 Å². The minimum atomic E-state index is -1.17. The number of ether oxygens (including phenoxy) is 4. The van der Waals surface area contributed by atoms with Crippen molar-refractivity contribution in [3.05, 3.63) is 64.7 Å². The lowest BCUT2D eigenvalue weighted by atomic mass is 10.0. The molecule has 0 spiro atoms. The summed E-state index contributed by atoms with van der Waals surface area (Å²) in [4.78, 5) is 39.4. The molecule has 0 bridgehead atoms. The zero-order valence-electron chi connectivity index (χ0n) is 23.9. The third kappa shape index (κ3) is 9.82. The quantitative estimate of drug-likeness (QED) is 0.334. The molecule has 8 nitrogen and oxygen atoms in total. The Morgan fingerprint density at radius 2 is 1.47 bits per heavy atom. The molecule has 2 aromatic carbocycles. The van der Waals surface area contributed by atoms with E-state index in [1.165, 1.54) is 4.90 Å². The van der Waals surface area contributed by atoms with Crippen LogP contribution in [0, 0.1) is 13.8 Å². The average molecular weight is 528 g/mol. The summed E-state index contributed by atoms with van der Waals surface area (Å²) in [5.41, 5.74) is 1.58. The van der Waals surface area contributed by atoms with E-state index in [1.807, 2.05) is 77.1 Å². The Bertz CT molecular complexity index is 1080. The van der Waals surface area contributed by atoms with E-state index in [2.05, 4.69) is 0 Å². The van der Waals surface area contributed by atoms with Crippen LogP contribution in [0.25, 0.3) is 0 Å². The number of rotatable bonds is 12. The van der Waals surface area contributed by atoms with Crippen LogP contribution in [0.15, 0.2) is 42.5 Å². The van der Waals surface area contributed by atoms with Crippen LogP contribution in [-0.4, -0.2) is 53.7 Å². The number of ketones is 1. The lowest BCUT2D eigenvalue weighted by Gasteiger charge is -2.27. The normalized spacial score (nSPS) is 11.6. The van der Waals surface area contributed by atoms with Crippen LogP contribution >= 0.6 is 0 Å². The molecule has 0 aliphatic rings. The minimum absolute atomic E-state index is 0.0939. The summed E-state index contributed by atoms with van der Waals surface area (Å²) in [5, 5.41) is 0. The molecule has 0 saturated carbocycles. The number of esters is 1. The fourth-order valence-electron chi connectivity index (χ4n) is 3.67. The van der Waals surface area contributed by atoms with Gasteiger partial charge in [0.2, 0.25) is 0 Å². The predicted molar refractivity (Wildman–Crippen MR) is 145 cm³/mol. The molecule has 0 fully saturated rings. The first-order valence-corrected chi connectivity index (χ1v) is 12.8. The summed E-state index contributed by atoms with van der Waals surface area (Å²) in [6.45, 7) is 14.6. The number of aryl methyl sites for hydroxylation is 2. The molecule has 0 saturated heterocycles. The maximum Gasteiger partial charge on any atom is 0.410 e. The van der Waals surface area contributed by atoms with Gasteiger partial charge < -0.3 is 18.9 Å². The van der Waals surface area contributed by atoms with Crippen molar-refractivity contribution in [2.45, 2.75) is 79.7 Å². The van der Waals surface area contributed by atoms with Crippen LogP contribution < -0.4 is 4.74 Å². The van der Waals surface area contributed by atoms with Gasteiger partial charge in [0.15, 0.2) is 11.4 Å². The maximum atomic E-state index is 13.1. The number of benzene rings is 2. The number of hydrogen-bond donors (Lipinski definition) is 0. The highest BCUT2D eigenvalue weighted by atomic mass is 16.6. The Labute approximate surface area is 226 Å². The lowest BCUT2D eigenvalue weighted by Crippen LogP contribution is -2.40. The number of carbonyl (C=O) groups is 3. The Kier molecular flexibility index (Phi) is 10.9. The SMILES string of the molecule is CCOC(=O)C(C)(C)Oc1c(C)cc(CN(CC(=O)COC(C)(C)C)C(=O)OCc2ccccc2)cc1C. The topological polar surface area (TPSA) is 91.4 Å².